The van der Waals surface area contributed by atoms with Gasteiger partial charge in [0.15, 0.2) is 0 Å². The fraction of sp³-hybridized carbons (Fsp3) is 0.533. The van der Waals surface area contributed by atoms with Gasteiger partial charge in [0.05, 0.1) is 5.54 Å². The average molecular weight is 283 g/mol. The third-order valence-electron chi connectivity index (χ3n) is 2.69. The van der Waals surface area contributed by atoms with Crippen molar-refractivity contribution in [1.82, 2.24) is 5.32 Å². The fourth-order valence-corrected chi connectivity index (χ4v) is 1.70. The van der Waals surface area contributed by atoms with Crippen LogP contribution in [0.5, 0.6) is 0 Å². The fourth-order valence-electron chi connectivity index (χ4n) is 1.70. The Labute approximate surface area is 119 Å². The summed E-state index contributed by atoms with van der Waals surface area (Å²) in [6, 6.07) is 5.50. The summed E-state index contributed by atoms with van der Waals surface area (Å²) in [5, 5.41) is 12.9. The third-order valence-corrected chi connectivity index (χ3v) is 2.69. The lowest BCUT2D eigenvalue weighted by molar-refractivity contribution is 0.0291. The van der Waals surface area contributed by atoms with Crippen LogP contribution in [0.1, 0.15) is 46.3 Å². The molecule has 0 fully saturated rings. The van der Waals surface area contributed by atoms with E-state index in [1.807, 2.05) is 0 Å². The van der Waals surface area contributed by atoms with E-state index in [2.05, 4.69) is 5.32 Å². The average Bonchev–Trinajstić information content (AvgIpc) is 2.25. The molecule has 5 heteroatoms. The molecule has 0 heterocycles. The largest absolute Gasteiger partial charge is 0.444 e. The van der Waals surface area contributed by atoms with Crippen molar-refractivity contribution in [1.29, 1.82) is 0 Å². The van der Waals surface area contributed by atoms with Crippen LogP contribution in [0.25, 0.3) is 0 Å². The van der Waals surface area contributed by atoms with Crippen LogP contribution in [-0.4, -0.2) is 22.3 Å². The maximum absolute atomic E-state index is 12.9. The van der Waals surface area contributed by atoms with Crippen LogP contribution in [0, 0.1) is 5.82 Å². The molecule has 0 spiro atoms. The number of nitrogens with one attached hydrogen (secondary N) is 1. The van der Waals surface area contributed by atoms with Crippen molar-refractivity contribution >= 4 is 6.09 Å². The van der Waals surface area contributed by atoms with E-state index in [1.54, 1.807) is 34.6 Å². The number of aliphatic hydroxyl groups is 1. The highest BCUT2D eigenvalue weighted by Gasteiger charge is 2.32. The molecular weight excluding hydrogens is 261 g/mol. The lowest BCUT2D eigenvalue weighted by Crippen LogP contribution is -2.49. The molecule has 1 rings (SSSR count). The molecular formula is C15H22FNO3. The van der Waals surface area contributed by atoms with Gasteiger partial charge in [-0.1, -0.05) is 12.1 Å². The van der Waals surface area contributed by atoms with E-state index in [0.717, 1.165) is 0 Å². The predicted octanol–water partition coefficient (Wildman–Crippen LogP) is 3.16. The second kappa shape index (κ2) is 5.79. The summed E-state index contributed by atoms with van der Waals surface area (Å²) in [4.78, 5) is 11.8. The van der Waals surface area contributed by atoms with Crippen molar-refractivity contribution in [2.24, 2.45) is 0 Å². The van der Waals surface area contributed by atoms with Gasteiger partial charge in [-0.15, -0.1) is 0 Å². The molecule has 112 valence electrons. The van der Waals surface area contributed by atoms with Gasteiger partial charge in [0, 0.05) is 0 Å². The summed E-state index contributed by atoms with van der Waals surface area (Å²) >= 11 is 0. The van der Waals surface area contributed by atoms with E-state index >= 15 is 0 Å². The molecule has 1 aromatic carbocycles. The molecule has 0 aliphatic carbocycles. The highest BCUT2D eigenvalue weighted by atomic mass is 19.1. The normalized spacial score (nSPS) is 13.8. The van der Waals surface area contributed by atoms with Gasteiger partial charge in [0.1, 0.15) is 17.5 Å². The minimum Gasteiger partial charge on any atom is -0.444 e. The minimum absolute atomic E-state index is 0.376. The number of alkyl carbamates (subject to hydrolysis) is 1. The summed E-state index contributed by atoms with van der Waals surface area (Å²) < 4.78 is 18.0. The molecule has 0 aromatic heterocycles. The van der Waals surface area contributed by atoms with Gasteiger partial charge in [-0.05, 0) is 52.3 Å². The number of rotatable bonds is 3. The molecule has 1 atom stereocenters. The first-order chi connectivity index (χ1) is 9.01. The standard InChI is InChI=1S/C15H22FNO3/c1-14(2,3)20-13(19)17-15(4,5)12(18)10-6-8-11(16)9-7-10/h6-9,12,18H,1-5H3,(H,17,19). The number of ether oxygens (including phenoxy) is 1. The molecule has 1 aromatic rings. The minimum atomic E-state index is -0.976. The molecule has 0 saturated carbocycles. The predicted molar refractivity (Wildman–Crippen MR) is 74.8 cm³/mol. The molecule has 2 N–H and O–H groups in total. The van der Waals surface area contributed by atoms with Crippen LogP contribution in [0.15, 0.2) is 24.3 Å². The Morgan fingerprint density at radius 2 is 1.70 bits per heavy atom. The number of carbonyl (C=O) groups is 1. The Balaban J connectivity index is 2.77. The summed E-state index contributed by atoms with van der Waals surface area (Å²) in [6.07, 6.45) is -1.58. The maximum Gasteiger partial charge on any atom is 0.408 e. The maximum atomic E-state index is 12.9. The first-order valence-corrected chi connectivity index (χ1v) is 6.46. The second-order valence-electron chi connectivity index (χ2n) is 6.30. The van der Waals surface area contributed by atoms with E-state index < -0.39 is 23.3 Å². The number of carbonyl (C=O) groups excluding carboxylic acids is 1. The van der Waals surface area contributed by atoms with E-state index in [1.165, 1.54) is 24.3 Å². The van der Waals surface area contributed by atoms with Crippen molar-refractivity contribution in [3.8, 4) is 0 Å². The summed E-state index contributed by atoms with van der Waals surface area (Å²) in [7, 11) is 0. The number of hydrogen-bond donors (Lipinski definition) is 2. The van der Waals surface area contributed by atoms with E-state index in [0.29, 0.717) is 5.56 Å². The summed E-state index contributed by atoms with van der Waals surface area (Å²) in [5.74, 6) is -0.376. The molecule has 0 saturated heterocycles. The number of halogens is 1. The van der Waals surface area contributed by atoms with Crippen molar-refractivity contribution in [3.63, 3.8) is 0 Å². The van der Waals surface area contributed by atoms with E-state index in [9.17, 15) is 14.3 Å². The molecule has 0 radical (unpaired) electrons. The van der Waals surface area contributed by atoms with Crippen molar-refractivity contribution < 1.29 is 19.0 Å². The Bertz CT molecular complexity index is 463. The number of benzene rings is 1. The van der Waals surface area contributed by atoms with E-state index in [-0.39, 0.29) is 5.82 Å². The number of amides is 1. The topological polar surface area (TPSA) is 58.6 Å². The highest BCUT2D eigenvalue weighted by molar-refractivity contribution is 5.68. The lowest BCUT2D eigenvalue weighted by Gasteiger charge is -2.33. The second-order valence-corrected chi connectivity index (χ2v) is 6.30. The highest BCUT2D eigenvalue weighted by Crippen LogP contribution is 2.26. The zero-order valence-electron chi connectivity index (χ0n) is 12.5. The first kappa shape index (κ1) is 16.4. The van der Waals surface area contributed by atoms with Gasteiger partial charge in [-0.2, -0.15) is 0 Å². The zero-order chi connectivity index (χ0) is 15.6. The van der Waals surface area contributed by atoms with Gasteiger partial charge in [0.25, 0.3) is 0 Å². The van der Waals surface area contributed by atoms with Crippen LogP contribution in [0.3, 0.4) is 0 Å². The molecule has 4 nitrogen and oxygen atoms in total. The Hall–Kier alpha value is -1.62. The number of aliphatic hydroxyl groups excluding tert-OH is 1. The monoisotopic (exact) mass is 283 g/mol. The number of hydrogen-bond acceptors (Lipinski definition) is 3. The molecule has 1 unspecified atom stereocenters. The zero-order valence-corrected chi connectivity index (χ0v) is 12.5. The molecule has 0 aliphatic heterocycles. The van der Waals surface area contributed by atoms with Crippen LogP contribution >= 0.6 is 0 Å². The van der Waals surface area contributed by atoms with Gasteiger partial charge in [-0.3, -0.25) is 0 Å². The van der Waals surface area contributed by atoms with Crippen molar-refractivity contribution in [3.05, 3.63) is 35.6 Å². The van der Waals surface area contributed by atoms with Gasteiger partial charge in [0.2, 0.25) is 0 Å². The smallest absolute Gasteiger partial charge is 0.408 e. The molecule has 20 heavy (non-hydrogen) atoms. The Morgan fingerprint density at radius 1 is 1.20 bits per heavy atom. The van der Waals surface area contributed by atoms with Crippen LogP contribution < -0.4 is 5.32 Å². The van der Waals surface area contributed by atoms with E-state index in [4.69, 9.17) is 4.74 Å². The summed E-state index contributed by atoms with van der Waals surface area (Å²) in [5.41, 5.74) is -1.03. The molecule has 0 bridgehead atoms. The third kappa shape index (κ3) is 4.81. The SMILES string of the molecule is CC(C)(C)OC(=O)NC(C)(C)C(O)c1ccc(F)cc1. The Morgan fingerprint density at radius 3 is 2.15 bits per heavy atom. The van der Waals surface area contributed by atoms with Gasteiger partial charge >= 0.3 is 6.09 Å². The lowest BCUT2D eigenvalue weighted by atomic mass is 9.91. The van der Waals surface area contributed by atoms with Crippen LogP contribution in [-0.2, 0) is 4.74 Å². The van der Waals surface area contributed by atoms with Crippen molar-refractivity contribution in [2.45, 2.75) is 51.9 Å². The van der Waals surface area contributed by atoms with Gasteiger partial charge in [-0.25, -0.2) is 9.18 Å². The van der Waals surface area contributed by atoms with Crippen LogP contribution in [0.4, 0.5) is 9.18 Å². The first-order valence-electron chi connectivity index (χ1n) is 6.46. The van der Waals surface area contributed by atoms with Crippen LogP contribution in [0.2, 0.25) is 0 Å². The quantitative estimate of drug-likeness (QED) is 0.895. The van der Waals surface area contributed by atoms with Gasteiger partial charge < -0.3 is 15.2 Å². The molecule has 1 amide bonds. The Kier molecular flexibility index (Phi) is 4.76. The summed E-state index contributed by atoms with van der Waals surface area (Å²) in [6.45, 7) is 8.62. The molecule has 0 aliphatic rings. The van der Waals surface area contributed by atoms with Crippen molar-refractivity contribution in [2.75, 3.05) is 0 Å².